The van der Waals surface area contributed by atoms with E-state index in [9.17, 15) is 9.59 Å². The second kappa shape index (κ2) is 9.31. The molecule has 0 aromatic heterocycles. The van der Waals surface area contributed by atoms with Gasteiger partial charge in [0.15, 0.2) is 23.1 Å². The number of benzene rings is 4. The summed E-state index contributed by atoms with van der Waals surface area (Å²) in [7, 11) is 0. The quantitative estimate of drug-likeness (QED) is 0.281. The number of nitrogens with one attached hydrogen (secondary N) is 1. The highest BCUT2D eigenvalue weighted by Crippen LogP contribution is 2.59. The zero-order valence-corrected chi connectivity index (χ0v) is 23.8. The molecule has 4 aromatic rings. The first-order chi connectivity index (χ1) is 20.9. The molecule has 43 heavy (non-hydrogen) atoms. The van der Waals surface area contributed by atoms with E-state index >= 15 is 4.79 Å². The van der Waals surface area contributed by atoms with Crippen molar-refractivity contribution in [2.24, 2.45) is 5.92 Å². The van der Waals surface area contributed by atoms with Crippen LogP contribution in [0.15, 0.2) is 97.1 Å². The summed E-state index contributed by atoms with van der Waals surface area (Å²) in [5, 5.41) is 3.56. The molecule has 1 amide bonds. The number of carbonyl (C=O) groups is 3. The van der Waals surface area contributed by atoms with Gasteiger partial charge in [0.05, 0.1) is 12.0 Å². The van der Waals surface area contributed by atoms with Gasteiger partial charge in [-0.15, -0.1) is 0 Å². The lowest BCUT2D eigenvalue weighted by Crippen LogP contribution is -2.51. The van der Waals surface area contributed by atoms with E-state index in [2.05, 4.69) is 5.32 Å². The molecular weight excluding hydrogens is 564 g/mol. The van der Waals surface area contributed by atoms with Crippen molar-refractivity contribution in [2.45, 2.75) is 24.4 Å². The summed E-state index contributed by atoms with van der Waals surface area (Å²) in [6.07, 6.45) is 2.04. The van der Waals surface area contributed by atoms with E-state index in [-0.39, 0.29) is 24.3 Å². The van der Waals surface area contributed by atoms with Gasteiger partial charge in [0.25, 0.3) is 0 Å². The maximum absolute atomic E-state index is 15.0. The van der Waals surface area contributed by atoms with Gasteiger partial charge >= 0.3 is 0 Å². The van der Waals surface area contributed by atoms with Crippen molar-refractivity contribution >= 4 is 46.0 Å². The Morgan fingerprint density at radius 1 is 0.884 bits per heavy atom. The number of ether oxygens (including phenoxy) is 2. The number of nitrogens with zero attached hydrogens (tertiary/aromatic N) is 1. The Kier molecular flexibility index (Phi) is 5.59. The van der Waals surface area contributed by atoms with Crippen molar-refractivity contribution in [3.8, 4) is 11.5 Å². The van der Waals surface area contributed by atoms with Gasteiger partial charge in [-0.3, -0.25) is 14.4 Å². The monoisotopic (exact) mass is 588 g/mol. The molecule has 7 nitrogen and oxygen atoms in total. The molecule has 1 N–H and O–H groups in total. The first-order valence-electron chi connectivity index (χ1n) is 14.1. The molecule has 1 saturated heterocycles. The van der Waals surface area contributed by atoms with Crippen molar-refractivity contribution in [1.82, 2.24) is 0 Å². The van der Waals surface area contributed by atoms with Crippen LogP contribution in [-0.4, -0.2) is 36.4 Å². The summed E-state index contributed by atoms with van der Waals surface area (Å²) in [4.78, 5) is 46.3. The number of Topliss-reactive ketones (excluding diaryl/α,β-unsaturated/α-hetero) is 2. The van der Waals surface area contributed by atoms with Gasteiger partial charge in [-0.25, -0.2) is 0 Å². The molecule has 8 rings (SSSR count). The molecule has 4 atom stereocenters. The number of fused-ring (bicyclic) bond motifs is 7. The van der Waals surface area contributed by atoms with Gasteiger partial charge in [-0.05, 0) is 72.7 Å². The number of allylic oxidation sites excluding steroid dienone is 1. The molecule has 8 heteroatoms. The number of amides is 1. The second-order valence-electron chi connectivity index (χ2n) is 11.3. The van der Waals surface area contributed by atoms with E-state index in [1.807, 2.05) is 66.4 Å². The Labute approximate surface area is 252 Å². The van der Waals surface area contributed by atoms with Crippen LogP contribution < -0.4 is 19.7 Å². The minimum atomic E-state index is -1.40. The number of ketones is 2. The molecular formula is C35H25ClN2O5. The third kappa shape index (κ3) is 3.52. The SMILES string of the molecule is CC1=C[C@@H]2N(c3ccccc31)[C@H](C(=O)c1ccc(Cl)cc1)[C@H](C(=O)c1ccc3c(c1)OCO3)[C@]21C(=O)Nc2ccccc21. The largest absolute Gasteiger partial charge is 0.454 e. The molecule has 4 aliphatic rings. The van der Waals surface area contributed by atoms with Crippen LogP contribution in [0.4, 0.5) is 11.4 Å². The summed E-state index contributed by atoms with van der Waals surface area (Å²) in [5.74, 6) is -0.987. The molecule has 212 valence electrons. The third-order valence-electron chi connectivity index (χ3n) is 9.22. The van der Waals surface area contributed by atoms with Crippen LogP contribution in [0.2, 0.25) is 5.02 Å². The Hall–Kier alpha value is -4.88. The highest BCUT2D eigenvalue weighted by molar-refractivity contribution is 6.30. The third-order valence-corrected chi connectivity index (χ3v) is 9.47. The van der Waals surface area contributed by atoms with Gasteiger partial charge < -0.3 is 19.7 Å². The molecule has 1 spiro atoms. The minimum absolute atomic E-state index is 0.0600. The van der Waals surface area contributed by atoms with Crippen LogP contribution >= 0.6 is 11.6 Å². The summed E-state index contributed by atoms with van der Waals surface area (Å²) >= 11 is 6.19. The second-order valence-corrected chi connectivity index (χ2v) is 11.8. The topological polar surface area (TPSA) is 84.9 Å². The molecule has 4 heterocycles. The average molecular weight is 589 g/mol. The number of anilines is 2. The van der Waals surface area contributed by atoms with Gasteiger partial charge in [0.2, 0.25) is 12.7 Å². The van der Waals surface area contributed by atoms with Crippen molar-refractivity contribution < 1.29 is 23.9 Å². The zero-order valence-electron chi connectivity index (χ0n) is 23.0. The highest BCUT2D eigenvalue weighted by Gasteiger charge is 2.70. The number of hydrogen-bond donors (Lipinski definition) is 1. The summed E-state index contributed by atoms with van der Waals surface area (Å²) in [5.41, 5.74) is 3.42. The molecule has 4 aromatic carbocycles. The normalized spacial score (nSPS) is 24.2. The fraction of sp³-hybridized carbons (Fsp3) is 0.171. The predicted octanol–water partition coefficient (Wildman–Crippen LogP) is 6.31. The van der Waals surface area contributed by atoms with E-state index in [1.54, 1.807) is 42.5 Å². The van der Waals surface area contributed by atoms with Crippen molar-refractivity contribution in [1.29, 1.82) is 0 Å². The van der Waals surface area contributed by atoms with Crippen LogP contribution in [-0.2, 0) is 10.2 Å². The van der Waals surface area contributed by atoms with Gasteiger partial charge in [-0.1, -0.05) is 54.1 Å². The lowest BCUT2D eigenvalue weighted by atomic mass is 9.64. The highest BCUT2D eigenvalue weighted by atomic mass is 35.5. The van der Waals surface area contributed by atoms with Crippen LogP contribution in [0.25, 0.3) is 5.57 Å². The van der Waals surface area contributed by atoms with E-state index in [4.69, 9.17) is 21.1 Å². The smallest absolute Gasteiger partial charge is 0.238 e. The first kappa shape index (κ1) is 25.8. The number of rotatable bonds is 4. The fourth-order valence-electron chi connectivity index (χ4n) is 7.40. The lowest BCUT2D eigenvalue weighted by Gasteiger charge is -2.39. The minimum Gasteiger partial charge on any atom is -0.454 e. The van der Waals surface area contributed by atoms with Crippen LogP contribution in [0, 0.1) is 5.92 Å². The zero-order chi connectivity index (χ0) is 29.5. The molecule has 0 radical (unpaired) electrons. The molecule has 4 aliphatic heterocycles. The Morgan fingerprint density at radius 3 is 2.44 bits per heavy atom. The Morgan fingerprint density at radius 2 is 1.60 bits per heavy atom. The molecule has 0 unspecified atom stereocenters. The number of hydrogen-bond acceptors (Lipinski definition) is 6. The molecule has 0 aliphatic carbocycles. The molecule has 0 saturated carbocycles. The standard InChI is InChI=1S/C35H25ClN2O5/c1-19-16-29-35(24-7-3-4-8-25(24)37-34(35)41)30(32(39)21-12-15-27-28(17-21)43-18-42-27)31(33(40)20-10-13-22(36)14-11-20)38(29)26-9-5-2-6-23(19)26/h2-17,29-31H,18H2,1H3,(H,37,41)/t29-,30+,31-,35+/m0/s1. The van der Waals surface area contributed by atoms with Gasteiger partial charge in [0, 0.05) is 33.1 Å². The van der Waals surface area contributed by atoms with Crippen molar-refractivity contribution in [2.75, 3.05) is 17.0 Å². The first-order valence-corrected chi connectivity index (χ1v) is 14.5. The maximum atomic E-state index is 15.0. The summed E-state index contributed by atoms with van der Waals surface area (Å²) in [6, 6.07) is 25.4. The van der Waals surface area contributed by atoms with E-state index < -0.39 is 23.4 Å². The van der Waals surface area contributed by atoms with Crippen LogP contribution in [0.5, 0.6) is 11.5 Å². The fourth-order valence-corrected chi connectivity index (χ4v) is 7.53. The van der Waals surface area contributed by atoms with Crippen LogP contribution in [0.1, 0.15) is 38.8 Å². The summed E-state index contributed by atoms with van der Waals surface area (Å²) < 4.78 is 11.1. The van der Waals surface area contributed by atoms with Gasteiger partial charge in [0.1, 0.15) is 11.5 Å². The molecule has 0 bridgehead atoms. The van der Waals surface area contributed by atoms with E-state index in [0.29, 0.717) is 38.9 Å². The predicted molar refractivity (Wildman–Crippen MR) is 163 cm³/mol. The number of carbonyl (C=O) groups excluding carboxylic acids is 3. The Bertz CT molecular complexity index is 1900. The summed E-state index contributed by atoms with van der Waals surface area (Å²) in [6.45, 7) is 2.07. The molecule has 1 fully saturated rings. The van der Waals surface area contributed by atoms with E-state index in [0.717, 1.165) is 16.8 Å². The number of para-hydroxylation sites is 2. The van der Waals surface area contributed by atoms with E-state index in [1.165, 1.54) is 0 Å². The maximum Gasteiger partial charge on any atom is 0.238 e. The average Bonchev–Trinajstić information content (AvgIpc) is 3.70. The van der Waals surface area contributed by atoms with Gasteiger partial charge in [-0.2, -0.15) is 0 Å². The van der Waals surface area contributed by atoms with Crippen molar-refractivity contribution in [3.63, 3.8) is 0 Å². The van der Waals surface area contributed by atoms with Crippen molar-refractivity contribution in [3.05, 3.63) is 124 Å². The Balaban J connectivity index is 1.42. The number of halogens is 1. The lowest BCUT2D eigenvalue weighted by molar-refractivity contribution is -0.121. The van der Waals surface area contributed by atoms with Crippen LogP contribution in [0.3, 0.4) is 0 Å².